The van der Waals surface area contributed by atoms with Crippen molar-refractivity contribution >= 4 is 36.1 Å². The molecule has 5 rings (SSSR count). The van der Waals surface area contributed by atoms with E-state index in [2.05, 4.69) is 5.32 Å². The lowest BCUT2D eigenvalue weighted by atomic mass is 9.97. The van der Waals surface area contributed by atoms with Crippen molar-refractivity contribution in [1.29, 1.82) is 0 Å². The van der Waals surface area contributed by atoms with E-state index in [1.54, 1.807) is 55.5 Å². The van der Waals surface area contributed by atoms with E-state index in [1.165, 1.54) is 0 Å². The molecule has 4 atom stereocenters. The van der Waals surface area contributed by atoms with Crippen molar-refractivity contribution < 1.29 is 28.2 Å². The topological polar surface area (TPSA) is 125 Å². The Morgan fingerprint density at radius 2 is 1.29 bits per heavy atom. The first-order valence-corrected chi connectivity index (χ1v) is 20.0. The summed E-state index contributed by atoms with van der Waals surface area (Å²) in [7, 11) is -3.81. The van der Waals surface area contributed by atoms with Gasteiger partial charge in [-0.15, -0.1) is 0 Å². The summed E-state index contributed by atoms with van der Waals surface area (Å²) in [6.45, 7) is 1.60. The van der Waals surface area contributed by atoms with E-state index in [9.17, 15) is 18.9 Å². The van der Waals surface area contributed by atoms with Crippen LogP contribution < -0.4 is 11.1 Å². The van der Waals surface area contributed by atoms with Gasteiger partial charge in [0.2, 0.25) is 18.4 Å². The van der Waals surface area contributed by atoms with Gasteiger partial charge in [0, 0.05) is 17.5 Å². The summed E-state index contributed by atoms with van der Waals surface area (Å²) in [5.74, 6) is -2.75. The van der Waals surface area contributed by atoms with E-state index in [-0.39, 0.29) is 36.7 Å². The molecular formula is C42H43N2O6PS. The van der Waals surface area contributed by atoms with Gasteiger partial charge in [-0.2, -0.15) is 0 Å². The molecule has 0 heterocycles. The minimum Gasteiger partial charge on any atom is -0.459 e. The van der Waals surface area contributed by atoms with E-state index in [1.807, 2.05) is 97.1 Å². The van der Waals surface area contributed by atoms with Gasteiger partial charge in [0.25, 0.3) is 0 Å². The van der Waals surface area contributed by atoms with E-state index in [0.29, 0.717) is 11.1 Å². The molecule has 5 aromatic rings. The van der Waals surface area contributed by atoms with Crippen molar-refractivity contribution in [3.63, 3.8) is 0 Å². The molecule has 1 amide bonds. The van der Waals surface area contributed by atoms with Crippen LogP contribution >= 0.6 is 19.1 Å². The van der Waals surface area contributed by atoms with Gasteiger partial charge < -0.3 is 20.3 Å². The molecule has 52 heavy (non-hydrogen) atoms. The lowest BCUT2D eigenvalue weighted by molar-refractivity contribution is -0.148. The Bertz CT molecular complexity index is 1930. The lowest BCUT2D eigenvalue weighted by Crippen LogP contribution is -2.44. The highest BCUT2D eigenvalue weighted by molar-refractivity contribution is 8.14. The second-order valence-corrected chi connectivity index (χ2v) is 16.1. The number of hydrogen-bond donors (Lipinski definition) is 2. The Hall–Kier alpha value is -4.79. The molecule has 3 N–H and O–H groups in total. The second kappa shape index (κ2) is 19.2. The van der Waals surface area contributed by atoms with Gasteiger partial charge in [-0.3, -0.25) is 14.2 Å². The van der Waals surface area contributed by atoms with Crippen LogP contribution in [0.25, 0.3) is 11.1 Å². The fraction of sp³-hybridized carbons (Fsp3) is 0.214. The molecule has 268 valence electrons. The van der Waals surface area contributed by atoms with Gasteiger partial charge in [0.15, 0.2) is 0 Å². The van der Waals surface area contributed by atoms with E-state index < -0.39 is 37.0 Å². The number of rotatable bonds is 17. The van der Waals surface area contributed by atoms with Crippen LogP contribution in [0.4, 0.5) is 0 Å². The number of ether oxygens (including phenoxy) is 1. The number of thioether (sulfide) groups is 1. The SMILES string of the molecule is CC(NC(=O)C(Cc1ccc(-c2ccccc2)cc1)CP(=O)(OCCSC(=O)c1ccccc1)C(N)c1ccccc1)C(=O)OCc1ccccc1. The summed E-state index contributed by atoms with van der Waals surface area (Å²) in [6.07, 6.45) is 0.0151. The van der Waals surface area contributed by atoms with Crippen LogP contribution in [-0.2, 0) is 36.4 Å². The summed E-state index contributed by atoms with van der Waals surface area (Å²) in [5, 5.41) is 2.67. The molecule has 0 aliphatic heterocycles. The summed E-state index contributed by atoms with van der Waals surface area (Å²) in [5.41, 5.74) is 11.6. The van der Waals surface area contributed by atoms with Crippen molar-refractivity contribution in [2.24, 2.45) is 11.7 Å². The van der Waals surface area contributed by atoms with Crippen LogP contribution in [0.3, 0.4) is 0 Å². The van der Waals surface area contributed by atoms with Crippen LogP contribution in [-0.4, -0.2) is 41.6 Å². The molecule has 4 unspecified atom stereocenters. The first-order valence-electron chi connectivity index (χ1n) is 17.1. The van der Waals surface area contributed by atoms with Crippen molar-refractivity contribution in [1.82, 2.24) is 5.32 Å². The molecule has 0 radical (unpaired) electrons. The molecule has 0 spiro atoms. The minimum absolute atomic E-state index is 0.0244. The zero-order chi connectivity index (χ0) is 36.8. The summed E-state index contributed by atoms with van der Waals surface area (Å²) < 4.78 is 26.6. The Balaban J connectivity index is 1.35. The predicted octanol–water partition coefficient (Wildman–Crippen LogP) is 8.29. The van der Waals surface area contributed by atoms with E-state index in [4.69, 9.17) is 15.0 Å². The smallest absolute Gasteiger partial charge is 0.328 e. The molecule has 0 bridgehead atoms. The molecule has 0 aliphatic carbocycles. The number of benzene rings is 5. The molecular weight excluding hydrogens is 692 g/mol. The number of nitrogens with one attached hydrogen (secondary N) is 1. The highest BCUT2D eigenvalue weighted by atomic mass is 32.2. The van der Waals surface area contributed by atoms with Crippen molar-refractivity contribution in [2.75, 3.05) is 18.5 Å². The van der Waals surface area contributed by atoms with Gasteiger partial charge in [0.1, 0.15) is 18.4 Å². The zero-order valence-corrected chi connectivity index (χ0v) is 30.7. The molecule has 8 nitrogen and oxygen atoms in total. The lowest BCUT2D eigenvalue weighted by Gasteiger charge is -2.29. The van der Waals surface area contributed by atoms with Gasteiger partial charge in [-0.05, 0) is 41.2 Å². The zero-order valence-electron chi connectivity index (χ0n) is 29.0. The number of hydrogen-bond acceptors (Lipinski definition) is 8. The monoisotopic (exact) mass is 734 g/mol. The molecule has 0 aliphatic rings. The Kier molecular flexibility index (Phi) is 14.2. The Morgan fingerprint density at radius 3 is 1.92 bits per heavy atom. The van der Waals surface area contributed by atoms with Crippen LogP contribution in [0.1, 0.15) is 39.8 Å². The van der Waals surface area contributed by atoms with Crippen LogP contribution in [0.5, 0.6) is 0 Å². The minimum atomic E-state index is -3.81. The maximum absolute atomic E-state index is 14.9. The third-order valence-electron chi connectivity index (χ3n) is 8.53. The Labute approximate surface area is 309 Å². The number of amides is 1. The number of nitrogens with two attached hydrogens (primary N) is 1. The third kappa shape index (κ3) is 11.1. The average Bonchev–Trinajstić information content (AvgIpc) is 3.19. The van der Waals surface area contributed by atoms with Crippen molar-refractivity contribution in [2.45, 2.75) is 31.8 Å². The highest BCUT2D eigenvalue weighted by Gasteiger charge is 2.38. The first kappa shape index (κ1) is 38.4. The standard InChI is InChI=1S/C42H43N2O6PS/c1-31(41(46)49-29-33-14-6-2-7-15-33)44-40(45)38(28-32-22-24-35(25-23-32)34-16-8-3-9-17-34)30-51(48,39(43)36-18-10-4-11-19-36)50-26-27-52-42(47)37-20-12-5-13-21-37/h2-25,31,38-39H,26-30,43H2,1H3,(H,44,45). The van der Waals surface area contributed by atoms with Crippen molar-refractivity contribution in [3.8, 4) is 11.1 Å². The van der Waals surface area contributed by atoms with Crippen LogP contribution in [0, 0.1) is 5.92 Å². The number of carbonyl (C=O) groups is 3. The summed E-state index contributed by atoms with van der Waals surface area (Å²) in [6, 6.07) is 44.0. The highest BCUT2D eigenvalue weighted by Crippen LogP contribution is 2.58. The summed E-state index contributed by atoms with van der Waals surface area (Å²) >= 11 is 1.06. The summed E-state index contributed by atoms with van der Waals surface area (Å²) in [4.78, 5) is 39.7. The van der Waals surface area contributed by atoms with Gasteiger partial charge in [0.05, 0.1) is 12.5 Å². The maximum Gasteiger partial charge on any atom is 0.328 e. The normalized spacial score (nSPS) is 14.0. The molecule has 10 heteroatoms. The van der Waals surface area contributed by atoms with E-state index in [0.717, 1.165) is 34.0 Å². The maximum atomic E-state index is 14.9. The fourth-order valence-electron chi connectivity index (χ4n) is 5.65. The predicted molar refractivity (Wildman–Crippen MR) is 208 cm³/mol. The number of carbonyl (C=O) groups excluding carboxylic acids is 3. The largest absolute Gasteiger partial charge is 0.459 e. The van der Waals surface area contributed by atoms with Crippen molar-refractivity contribution in [3.05, 3.63) is 168 Å². The molecule has 0 saturated carbocycles. The quantitative estimate of drug-likeness (QED) is 0.0556. The van der Waals surface area contributed by atoms with Gasteiger partial charge >= 0.3 is 5.97 Å². The van der Waals surface area contributed by atoms with Crippen LogP contribution in [0.15, 0.2) is 146 Å². The molecule has 0 aromatic heterocycles. The Morgan fingerprint density at radius 1 is 0.731 bits per heavy atom. The average molecular weight is 735 g/mol. The van der Waals surface area contributed by atoms with Gasteiger partial charge in [-0.1, -0.05) is 157 Å². The van der Waals surface area contributed by atoms with Gasteiger partial charge in [-0.25, -0.2) is 4.79 Å². The molecule has 5 aromatic carbocycles. The molecule has 0 fully saturated rings. The van der Waals surface area contributed by atoms with E-state index >= 15 is 0 Å². The second-order valence-electron chi connectivity index (χ2n) is 12.4. The van der Waals surface area contributed by atoms with Crippen LogP contribution in [0.2, 0.25) is 0 Å². The first-order chi connectivity index (χ1) is 25.2. The molecule has 0 saturated heterocycles. The number of esters is 1. The third-order valence-corrected chi connectivity index (χ3v) is 12.1. The fourth-order valence-corrected chi connectivity index (χ4v) is 8.85.